The zero-order valence-corrected chi connectivity index (χ0v) is 17.9. The minimum atomic E-state index is -0.336. The van der Waals surface area contributed by atoms with Crippen LogP contribution in [-0.4, -0.2) is 12.5 Å². The Morgan fingerprint density at radius 1 is 0.750 bits per heavy atom. The van der Waals surface area contributed by atoms with E-state index in [0.717, 1.165) is 40.1 Å². The summed E-state index contributed by atoms with van der Waals surface area (Å²) in [6.07, 6.45) is 0.794. The fourth-order valence-corrected chi connectivity index (χ4v) is 4.43. The summed E-state index contributed by atoms with van der Waals surface area (Å²) in [5, 5.41) is 0. The Morgan fingerprint density at radius 2 is 1.34 bits per heavy atom. The van der Waals surface area contributed by atoms with Gasteiger partial charge in [-0.1, -0.05) is 97.1 Å². The number of ether oxygens (including phenoxy) is 1. The Labute approximate surface area is 188 Å². The molecule has 0 saturated heterocycles. The third-order valence-corrected chi connectivity index (χ3v) is 6.00. The summed E-state index contributed by atoms with van der Waals surface area (Å²) in [5.41, 5.74) is 5.21. The van der Waals surface area contributed by atoms with Gasteiger partial charge in [-0.2, -0.15) is 0 Å². The monoisotopic (exact) mass is 419 g/mol. The molecule has 1 amide bonds. The Kier molecular flexibility index (Phi) is 5.71. The first-order valence-corrected chi connectivity index (χ1v) is 11.0. The molecule has 0 spiro atoms. The predicted molar refractivity (Wildman–Crippen MR) is 128 cm³/mol. The van der Waals surface area contributed by atoms with Crippen molar-refractivity contribution >= 4 is 11.6 Å². The van der Waals surface area contributed by atoms with Crippen molar-refractivity contribution in [1.29, 1.82) is 0 Å². The largest absolute Gasteiger partial charge is 0.489 e. The molecule has 0 atom stereocenters. The maximum Gasteiger partial charge on any atom is 0.239 e. The number of amides is 1. The molecule has 1 aliphatic rings. The number of hydrogen-bond donors (Lipinski definition) is 0. The summed E-state index contributed by atoms with van der Waals surface area (Å²) >= 11 is 0. The molecule has 32 heavy (non-hydrogen) atoms. The summed E-state index contributed by atoms with van der Waals surface area (Å²) in [6, 6.07) is 36.2. The molecule has 0 N–H and O–H groups in total. The second-order valence-electron chi connectivity index (χ2n) is 8.02. The summed E-state index contributed by atoms with van der Waals surface area (Å²) in [6.45, 7) is 1.18. The SMILES string of the molecule is O=C(C(c1ccccc1)c1ccccc1)N1CCc2c(OCc3ccccc3)cccc21. The predicted octanol–water partition coefficient (Wildman–Crippen LogP) is 5.99. The van der Waals surface area contributed by atoms with Gasteiger partial charge in [-0.15, -0.1) is 0 Å². The first-order valence-electron chi connectivity index (χ1n) is 11.0. The van der Waals surface area contributed by atoms with Crippen LogP contribution in [0.3, 0.4) is 0 Å². The minimum Gasteiger partial charge on any atom is -0.489 e. The zero-order chi connectivity index (χ0) is 21.8. The van der Waals surface area contributed by atoms with E-state index in [1.165, 1.54) is 0 Å². The average molecular weight is 420 g/mol. The lowest BCUT2D eigenvalue weighted by molar-refractivity contribution is -0.119. The minimum absolute atomic E-state index is 0.0985. The summed E-state index contributed by atoms with van der Waals surface area (Å²) in [5.74, 6) is 0.622. The van der Waals surface area contributed by atoms with Gasteiger partial charge in [-0.25, -0.2) is 0 Å². The molecular formula is C29H25NO2. The van der Waals surface area contributed by atoms with Gasteiger partial charge in [0.2, 0.25) is 5.91 Å². The number of hydrogen-bond acceptors (Lipinski definition) is 2. The zero-order valence-electron chi connectivity index (χ0n) is 17.9. The van der Waals surface area contributed by atoms with Crippen LogP contribution in [0.4, 0.5) is 5.69 Å². The van der Waals surface area contributed by atoms with Crippen molar-refractivity contribution in [3.63, 3.8) is 0 Å². The average Bonchev–Trinajstić information content (AvgIpc) is 3.30. The number of carbonyl (C=O) groups is 1. The molecule has 1 aliphatic heterocycles. The maximum atomic E-state index is 13.9. The van der Waals surface area contributed by atoms with Crippen LogP contribution in [0.5, 0.6) is 5.75 Å². The Hall–Kier alpha value is -3.85. The molecule has 3 heteroatoms. The van der Waals surface area contributed by atoms with Crippen molar-refractivity contribution in [2.24, 2.45) is 0 Å². The molecule has 158 valence electrons. The lowest BCUT2D eigenvalue weighted by Crippen LogP contribution is -2.34. The number of benzene rings is 4. The van der Waals surface area contributed by atoms with Crippen molar-refractivity contribution in [2.75, 3.05) is 11.4 Å². The highest BCUT2D eigenvalue weighted by atomic mass is 16.5. The molecule has 0 aromatic heterocycles. The van der Waals surface area contributed by atoms with Gasteiger partial charge in [0.25, 0.3) is 0 Å². The van der Waals surface area contributed by atoms with E-state index in [1.54, 1.807) is 0 Å². The molecule has 0 unspecified atom stereocenters. The third kappa shape index (κ3) is 4.02. The maximum absolute atomic E-state index is 13.9. The van der Waals surface area contributed by atoms with E-state index < -0.39 is 0 Å². The molecule has 4 aromatic rings. The molecule has 1 heterocycles. The van der Waals surface area contributed by atoms with Crippen LogP contribution in [0.1, 0.15) is 28.2 Å². The van der Waals surface area contributed by atoms with Gasteiger partial charge >= 0.3 is 0 Å². The van der Waals surface area contributed by atoms with Gasteiger partial charge in [0.05, 0.1) is 11.6 Å². The Morgan fingerprint density at radius 3 is 1.97 bits per heavy atom. The normalized spacial score (nSPS) is 12.6. The number of carbonyl (C=O) groups excluding carboxylic acids is 1. The van der Waals surface area contributed by atoms with Crippen molar-refractivity contribution in [3.05, 3.63) is 131 Å². The number of anilines is 1. The van der Waals surface area contributed by atoms with Gasteiger partial charge in [0, 0.05) is 12.1 Å². The highest BCUT2D eigenvalue weighted by Crippen LogP contribution is 2.38. The van der Waals surface area contributed by atoms with Gasteiger partial charge in [-0.3, -0.25) is 4.79 Å². The first kappa shape index (κ1) is 20.1. The van der Waals surface area contributed by atoms with Crippen molar-refractivity contribution in [1.82, 2.24) is 0 Å². The molecule has 3 nitrogen and oxygen atoms in total. The lowest BCUT2D eigenvalue weighted by atomic mass is 9.90. The van der Waals surface area contributed by atoms with Crippen molar-refractivity contribution in [2.45, 2.75) is 18.9 Å². The topological polar surface area (TPSA) is 29.5 Å². The van der Waals surface area contributed by atoms with Crippen LogP contribution in [-0.2, 0) is 17.8 Å². The van der Waals surface area contributed by atoms with Crippen molar-refractivity contribution < 1.29 is 9.53 Å². The van der Waals surface area contributed by atoms with E-state index in [-0.39, 0.29) is 11.8 Å². The molecule has 0 saturated carbocycles. The first-order chi connectivity index (χ1) is 15.8. The second kappa shape index (κ2) is 9.11. The lowest BCUT2D eigenvalue weighted by Gasteiger charge is -2.25. The van der Waals surface area contributed by atoms with Crippen LogP contribution in [0, 0.1) is 0 Å². The Balaban J connectivity index is 1.44. The number of nitrogens with zero attached hydrogens (tertiary/aromatic N) is 1. The highest BCUT2D eigenvalue weighted by molar-refractivity contribution is 6.02. The van der Waals surface area contributed by atoms with E-state index in [2.05, 4.69) is 12.1 Å². The van der Waals surface area contributed by atoms with E-state index in [1.807, 2.05) is 102 Å². The molecule has 4 aromatic carbocycles. The van der Waals surface area contributed by atoms with Crippen LogP contribution in [0.15, 0.2) is 109 Å². The standard InChI is InChI=1S/C29H25NO2/c31-29(28(23-13-6-2-7-14-23)24-15-8-3-9-16-24)30-20-19-25-26(30)17-10-18-27(25)32-21-22-11-4-1-5-12-22/h1-18,28H,19-21H2. The van der Waals surface area contributed by atoms with Crippen LogP contribution in [0.25, 0.3) is 0 Å². The summed E-state index contributed by atoms with van der Waals surface area (Å²) in [4.78, 5) is 15.8. The fraction of sp³-hybridized carbons (Fsp3) is 0.138. The van der Waals surface area contributed by atoms with E-state index in [0.29, 0.717) is 13.2 Å². The smallest absolute Gasteiger partial charge is 0.239 e. The highest BCUT2D eigenvalue weighted by Gasteiger charge is 2.33. The van der Waals surface area contributed by atoms with E-state index in [4.69, 9.17) is 4.74 Å². The van der Waals surface area contributed by atoms with Gasteiger partial charge < -0.3 is 9.64 Å². The number of rotatable bonds is 6. The van der Waals surface area contributed by atoms with E-state index >= 15 is 0 Å². The number of fused-ring (bicyclic) bond motifs is 1. The van der Waals surface area contributed by atoms with Crippen LogP contribution in [0.2, 0.25) is 0 Å². The van der Waals surface area contributed by atoms with Gasteiger partial charge in [-0.05, 0) is 35.2 Å². The molecule has 0 radical (unpaired) electrons. The second-order valence-corrected chi connectivity index (χ2v) is 8.02. The van der Waals surface area contributed by atoms with Crippen molar-refractivity contribution in [3.8, 4) is 5.75 Å². The summed E-state index contributed by atoms with van der Waals surface area (Å²) in [7, 11) is 0. The van der Waals surface area contributed by atoms with Gasteiger partial charge in [0.15, 0.2) is 0 Å². The van der Waals surface area contributed by atoms with Gasteiger partial charge in [0.1, 0.15) is 12.4 Å². The van der Waals surface area contributed by atoms with Crippen LogP contribution >= 0.6 is 0 Å². The molecular weight excluding hydrogens is 394 g/mol. The molecule has 0 fully saturated rings. The quantitative estimate of drug-likeness (QED) is 0.384. The van der Waals surface area contributed by atoms with Crippen LogP contribution < -0.4 is 9.64 Å². The molecule has 0 bridgehead atoms. The molecule has 0 aliphatic carbocycles. The third-order valence-electron chi connectivity index (χ3n) is 6.00. The van der Waals surface area contributed by atoms with E-state index in [9.17, 15) is 4.79 Å². The Bertz CT molecular complexity index is 1150. The fourth-order valence-electron chi connectivity index (χ4n) is 4.43. The molecule has 5 rings (SSSR count). The summed E-state index contributed by atoms with van der Waals surface area (Å²) < 4.78 is 6.15.